The number of rotatable bonds is 0. The lowest BCUT2D eigenvalue weighted by atomic mass is 11.6. The van der Waals surface area contributed by atoms with Gasteiger partial charge >= 0.3 is 8.56 Å². The molecule has 0 aliphatic carbocycles. The highest BCUT2D eigenvalue weighted by Gasteiger charge is 2.52. The van der Waals surface area contributed by atoms with Crippen molar-refractivity contribution in [2.45, 2.75) is 39.3 Å². The number of hydrogen-bond donors (Lipinski definition) is 0. The minimum atomic E-state index is -1.82. The molecule has 1 heterocycles. The molecule has 0 spiro atoms. The summed E-state index contributed by atoms with van der Waals surface area (Å²) < 4.78 is 14.7. The van der Waals surface area contributed by atoms with Crippen LogP contribution in [-0.2, 0) is 8.23 Å². The van der Waals surface area contributed by atoms with E-state index in [4.69, 9.17) is 8.23 Å². The van der Waals surface area contributed by atoms with E-state index in [2.05, 4.69) is 50.6 Å². The summed E-state index contributed by atoms with van der Waals surface area (Å²) in [6, 6.07) is 0. The van der Waals surface area contributed by atoms with Crippen LogP contribution in [-0.4, -0.2) is 36.8 Å². The van der Waals surface area contributed by atoms with E-state index >= 15 is 0 Å². The molecule has 0 bridgehead atoms. The third-order valence-electron chi connectivity index (χ3n) is 2.61. The molecule has 78 valence electrons. The van der Waals surface area contributed by atoms with E-state index in [9.17, 15) is 0 Å². The fourth-order valence-electron chi connectivity index (χ4n) is 2.01. The maximum absolute atomic E-state index is 6.13. The highest BCUT2D eigenvalue weighted by atomic mass is 28.5. The molecule has 0 atom stereocenters. The van der Waals surface area contributed by atoms with E-state index in [-0.39, 0.29) is 0 Å². The summed E-state index contributed by atoms with van der Waals surface area (Å²) in [5.41, 5.74) is 0. The molecule has 13 heavy (non-hydrogen) atoms. The van der Waals surface area contributed by atoms with Gasteiger partial charge in [0.25, 0.3) is 17.0 Å². The van der Waals surface area contributed by atoms with Crippen molar-refractivity contribution >= 4 is 25.5 Å². The molecule has 1 aliphatic heterocycles. The Bertz CT molecular complexity index is 198. The van der Waals surface area contributed by atoms with Gasteiger partial charge in [0.1, 0.15) is 0 Å². The van der Waals surface area contributed by atoms with Crippen LogP contribution in [0.5, 0.6) is 0 Å². The Morgan fingerprint density at radius 2 is 1.08 bits per heavy atom. The van der Waals surface area contributed by atoms with Crippen molar-refractivity contribution in [1.82, 2.24) is 4.23 Å². The van der Waals surface area contributed by atoms with Crippen LogP contribution in [0.25, 0.3) is 0 Å². The molecule has 6 heteroatoms. The Kier molecular flexibility index (Phi) is 2.69. The molecule has 0 aromatic rings. The molecule has 1 rings (SSSR count). The van der Waals surface area contributed by atoms with Crippen molar-refractivity contribution < 1.29 is 8.23 Å². The largest absolute Gasteiger partial charge is 0.425 e. The number of nitrogens with zero attached hydrogens (tertiary/aromatic N) is 1. The SMILES string of the molecule is CN1[Si](C)(C)O[Si](C)(C)O[Si]1(C)C. The van der Waals surface area contributed by atoms with Crippen LogP contribution in [0.3, 0.4) is 0 Å². The topological polar surface area (TPSA) is 21.7 Å². The lowest BCUT2D eigenvalue weighted by Crippen LogP contribution is -2.73. The van der Waals surface area contributed by atoms with Gasteiger partial charge in [0.15, 0.2) is 0 Å². The van der Waals surface area contributed by atoms with Gasteiger partial charge in [-0.3, -0.25) is 0 Å². The first-order valence-corrected chi connectivity index (χ1v) is 13.2. The molecule has 1 fully saturated rings. The summed E-state index contributed by atoms with van der Waals surface area (Å²) in [7, 11) is -2.93. The van der Waals surface area contributed by atoms with E-state index in [0.29, 0.717) is 0 Å². The Labute approximate surface area is 84.7 Å². The van der Waals surface area contributed by atoms with Gasteiger partial charge in [0.05, 0.1) is 0 Å². The Balaban J connectivity index is 2.96. The molecule has 0 amide bonds. The summed E-state index contributed by atoms with van der Waals surface area (Å²) in [6.45, 7) is 13.4. The van der Waals surface area contributed by atoms with E-state index in [1.807, 2.05) is 0 Å². The van der Waals surface area contributed by atoms with Gasteiger partial charge in [-0.1, -0.05) is 0 Å². The van der Waals surface area contributed by atoms with Crippen molar-refractivity contribution in [2.75, 3.05) is 7.05 Å². The van der Waals surface area contributed by atoms with Crippen LogP contribution in [0.2, 0.25) is 39.3 Å². The maximum Gasteiger partial charge on any atom is 0.312 e. The summed E-state index contributed by atoms with van der Waals surface area (Å²) in [5.74, 6) is 0. The molecule has 0 aromatic carbocycles. The van der Waals surface area contributed by atoms with Crippen molar-refractivity contribution in [1.29, 1.82) is 0 Å². The summed E-state index contributed by atoms with van der Waals surface area (Å²) >= 11 is 0. The second-order valence-corrected chi connectivity index (χ2v) is 17.1. The summed E-state index contributed by atoms with van der Waals surface area (Å²) in [5, 5.41) is 0. The van der Waals surface area contributed by atoms with E-state index in [1.54, 1.807) is 0 Å². The predicted octanol–water partition coefficient (Wildman–Crippen LogP) is 2.07. The molecule has 0 unspecified atom stereocenters. The highest BCUT2D eigenvalue weighted by molar-refractivity contribution is 6.96. The average molecular weight is 236 g/mol. The van der Waals surface area contributed by atoms with E-state index < -0.39 is 25.5 Å². The molecule has 0 saturated carbocycles. The molecule has 1 saturated heterocycles. The fourth-order valence-corrected chi connectivity index (χ4v) is 19.3. The molecular formula is C7H21NO2Si3. The molecule has 0 N–H and O–H groups in total. The maximum atomic E-state index is 6.13. The smallest absolute Gasteiger partial charge is 0.312 e. The van der Waals surface area contributed by atoms with Gasteiger partial charge in [0, 0.05) is 0 Å². The Morgan fingerprint density at radius 1 is 0.769 bits per heavy atom. The monoisotopic (exact) mass is 235 g/mol. The summed E-state index contributed by atoms with van der Waals surface area (Å²) in [4.78, 5) is 0. The second kappa shape index (κ2) is 3.01. The van der Waals surface area contributed by atoms with E-state index in [0.717, 1.165) is 0 Å². The quantitative estimate of drug-likeness (QED) is 0.600. The lowest BCUT2D eigenvalue weighted by molar-refractivity contribution is 0.303. The van der Waals surface area contributed by atoms with Gasteiger partial charge in [-0.2, -0.15) is 0 Å². The lowest BCUT2D eigenvalue weighted by Gasteiger charge is -2.53. The minimum absolute atomic E-state index is 1.63. The van der Waals surface area contributed by atoms with Gasteiger partial charge in [-0.25, -0.2) is 0 Å². The number of hydrogen-bond acceptors (Lipinski definition) is 3. The van der Waals surface area contributed by atoms with E-state index in [1.165, 1.54) is 0 Å². The first-order valence-electron chi connectivity index (χ1n) is 4.71. The van der Waals surface area contributed by atoms with Crippen LogP contribution in [0.4, 0.5) is 0 Å². The van der Waals surface area contributed by atoms with Crippen LogP contribution in [0.15, 0.2) is 0 Å². The zero-order valence-electron chi connectivity index (χ0n) is 9.76. The molecule has 1 aliphatic rings. The van der Waals surface area contributed by atoms with Crippen LogP contribution >= 0.6 is 0 Å². The van der Waals surface area contributed by atoms with Gasteiger partial charge in [-0.15, -0.1) is 0 Å². The normalized spacial score (nSPS) is 31.6. The van der Waals surface area contributed by atoms with Gasteiger partial charge < -0.3 is 12.5 Å². The minimum Gasteiger partial charge on any atom is -0.425 e. The highest BCUT2D eigenvalue weighted by Crippen LogP contribution is 2.31. The van der Waals surface area contributed by atoms with Crippen molar-refractivity contribution in [3.05, 3.63) is 0 Å². The van der Waals surface area contributed by atoms with Gasteiger partial charge in [-0.05, 0) is 46.3 Å². The van der Waals surface area contributed by atoms with Crippen molar-refractivity contribution in [3.63, 3.8) is 0 Å². The standard InChI is InChI=1S/C7H21NO2Si3/c1-8-11(2,3)9-13(6,7)10-12(8,4)5/h1-7H3. The van der Waals surface area contributed by atoms with Crippen LogP contribution in [0, 0.1) is 0 Å². The second-order valence-electron chi connectivity index (χ2n) is 5.06. The predicted molar refractivity (Wildman–Crippen MR) is 62.4 cm³/mol. The third-order valence-corrected chi connectivity index (χ3v) is 17.0. The van der Waals surface area contributed by atoms with Crippen LogP contribution < -0.4 is 0 Å². The molecule has 0 radical (unpaired) electrons. The van der Waals surface area contributed by atoms with Crippen molar-refractivity contribution in [3.8, 4) is 0 Å². The Hall–Kier alpha value is 0.531. The molecule has 0 aromatic heterocycles. The zero-order valence-corrected chi connectivity index (χ0v) is 12.8. The first-order chi connectivity index (χ1) is 5.57. The summed E-state index contributed by atoms with van der Waals surface area (Å²) in [6.07, 6.45) is 0. The average Bonchev–Trinajstić information content (AvgIpc) is 1.77. The third kappa shape index (κ3) is 2.31. The molecular weight excluding hydrogens is 214 g/mol. The van der Waals surface area contributed by atoms with Crippen molar-refractivity contribution in [2.24, 2.45) is 0 Å². The fraction of sp³-hybridized carbons (Fsp3) is 1.00. The zero-order chi connectivity index (χ0) is 10.5. The Morgan fingerprint density at radius 3 is 1.38 bits per heavy atom. The first kappa shape index (κ1) is 11.6. The van der Waals surface area contributed by atoms with Gasteiger partial charge in [0.2, 0.25) is 0 Å². The molecule has 3 nitrogen and oxygen atoms in total. The van der Waals surface area contributed by atoms with Crippen LogP contribution in [0.1, 0.15) is 0 Å².